The van der Waals surface area contributed by atoms with Crippen LogP contribution in [-0.2, 0) is 19.1 Å². The van der Waals surface area contributed by atoms with Gasteiger partial charge in [0.25, 0.3) is 5.91 Å². The Morgan fingerprint density at radius 3 is 2.34 bits per heavy atom. The molecule has 2 heterocycles. The first-order chi connectivity index (χ1) is 13.9. The molecule has 0 bridgehead atoms. The number of amides is 2. The van der Waals surface area contributed by atoms with Crippen LogP contribution in [0.4, 0.5) is 11.4 Å². The molecule has 0 aliphatic carbocycles. The Kier molecular flexibility index (Phi) is 4.80. The summed E-state index contributed by atoms with van der Waals surface area (Å²) in [6.45, 7) is 1.72. The molecule has 0 aromatic heterocycles. The number of benzene rings is 2. The quantitative estimate of drug-likeness (QED) is 0.550. The number of imide groups is 1. The summed E-state index contributed by atoms with van der Waals surface area (Å²) in [6, 6.07) is 10.7. The molecular formula is C20H15Cl2N3O4. The number of carbonyl (C=O) groups excluding carboxylic acids is 3. The van der Waals surface area contributed by atoms with Crippen molar-refractivity contribution in [3.8, 4) is 0 Å². The van der Waals surface area contributed by atoms with Gasteiger partial charge >= 0.3 is 5.97 Å². The van der Waals surface area contributed by atoms with E-state index in [1.165, 1.54) is 12.1 Å². The fourth-order valence-electron chi connectivity index (χ4n) is 3.60. The number of fused-ring (bicyclic) bond motifs is 1. The summed E-state index contributed by atoms with van der Waals surface area (Å²) in [6.07, 6.45) is 0. The molecule has 2 aromatic rings. The van der Waals surface area contributed by atoms with Crippen LogP contribution < -0.4 is 9.91 Å². The molecule has 4 rings (SSSR count). The predicted octanol–water partition coefficient (Wildman–Crippen LogP) is 3.21. The van der Waals surface area contributed by atoms with Crippen molar-refractivity contribution < 1.29 is 19.1 Å². The van der Waals surface area contributed by atoms with Crippen LogP contribution in [0.1, 0.15) is 5.56 Å². The fraction of sp³-hybridized carbons (Fsp3) is 0.200. The summed E-state index contributed by atoms with van der Waals surface area (Å²) in [7, 11) is 1.19. The number of ether oxygens (including phenoxy) is 1. The monoisotopic (exact) mass is 431 g/mol. The molecule has 0 spiro atoms. The van der Waals surface area contributed by atoms with E-state index >= 15 is 0 Å². The van der Waals surface area contributed by atoms with Gasteiger partial charge in [0, 0.05) is 5.02 Å². The lowest BCUT2D eigenvalue weighted by Gasteiger charge is -2.23. The number of methoxy groups -OCH3 is 1. The summed E-state index contributed by atoms with van der Waals surface area (Å²) in [5.74, 6) is -2.97. The molecule has 2 aromatic carbocycles. The zero-order valence-electron chi connectivity index (χ0n) is 15.4. The van der Waals surface area contributed by atoms with Gasteiger partial charge < -0.3 is 4.74 Å². The van der Waals surface area contributed by atoms with Gasteiger partial charge in [-0.2, -0.15) is 5.10 Å². The molecule has 9 heteroatoms. The van der Waals surface area contributed by atoms with Crippen LogP contribution in [0.15, 0.2) is 47.6 Å². The smallest absolute Gasteiger partial charge is 0.355 e. The van der Waals surface area contributed by atoms with Crippen molar-refractivity contribution in [2.45, 2.75) is 13.0 Å². The van der Waals surface area contributed by atoms with E-state index in [4.69, 9.17) is 27.9 Å². The summed E-state index contributed by atoms with van der Waals surface area (Å²) in [5.41, 5.74) is 1.22. The number of carbonyl (C=O) groups is 3. The third-order valence-corrected chi connectivity index (χ3v) is 5.75. The van der Waals surface area contributed by atoms with Crippen molar-refractivity contribution >= 4 is 58.1 Å². The van der Waals surface area contributed by atoms with Gasteiger partial charge in [0.15, 0.2) is 5.71 Å². The molecule has 148 valence electrons. The fourth-order valence-corrected chi connectivity index (χ4v) is 3.99. The van der Waals surface area contributed by atoms with E-state index < -0.39 is 29.7 Å². The minimum atomic E-state index is -1.11. The van der Waals surface area contributed by atoms with E-state index in [9.17, 15) is 14.4 Å². The highest BCUT2D eigenvalue weighted by Gasteiger charge is 2.59. The summed E-state index contributed by atoms with van der Waals surface area (Å²) in [4.78, 5) is 40.0. The van der Waals surface area contributed by atoms with Gasteiger partial charge in [0.1, 0.15) is 12.0 Å². The predicted molar refractivity (Wildman–Crippen MR) is 109 cm³/mol. The van der Waals surface area contributed by atoms with Crippen molar-refractivity contribution in [1.82, 2.24) is 0 Å². The molecule has 2 aliphatic heterocycles. The van der Waals surface area contributed by atoms with Crippen LogP contribution >= 0.6 is 23.2 Å². The minimum absolute atomic E-state index is 0.141. The molecule has 7 nitrogen and oxygen atoms in total. The van der Waals surface area contributed by atoms with E-state index in [1.807, 2.05) is 0 Å². The van der Waals surface area contributed by atoms with Gasteiger partial charge in [-0.25, -0.2) is 14.7 Å². The Balaban J connectivity index is 1.86. The second-order valence-electron chi connectivity index (χ2n) is 6.59. The Bertz CT molecular complexity index is 1090. The zero-order valence-corrected chi connectivity index (χ0v) is 16.9. The second kappa shape index (κ2) is 7.17. The highest BCUT2D eigenvalue weighted by Crippen LogP contribution is 2.41. The topological polar surface area (TPSA) is 79.3 Å². The molecule has 1 saturated heterocycles. The lowest BCUT2D eigenvalue weighted by Crippen LogP contribution is -2.39. The molecule has 0 N–H and O–H groups in total. The molecule has 0 radical (unpaired) electrons. The minimum Gasteiger partial charge on any atom is -0.464 e. The standard InChI is InChI=1S/C20H15Cl2N3O4/c1-10-11(21)7-5-9-13(10)24-18(26)15-16(20(28)29-2)23-25(17(15)19(24)27)14-8-4-3-6-12(14)22/h3-9,15,17H,1-2H3/t15-,17+/m1/s1. The normalized spacial score (nSPS) is 20.8. The van der Waals surface area contributed by atoms with Gasteiger partial charge in [0.2, 0.25) is 5.91 Å². The lowest BCUT2D eigenvalue weighted by atomic mass is 9.98. The van der Waals surface area contributed by atoms with Crippen molar-refractivity contribution in [3.05, 3.63) is 58.1 Å². The van der Waals surface area contributed by atoms with Crippen LogP contribution in [0.25, 0.3) is 0 Å². The average molecular weight is 432 g/mol. The second-order valence-corrected chi connectivity index (χ2v) is 7.41. The molecule has 2 atom stereocenters. The molecule has 2 amide bonds. The van der Waals surface area contributed by atoms with Crippen LogP contribution in [0, 0.1) is 12.8 Å². The Morgan fingerprint density at radius 1 is 1.00 bits per heavy atom. The number of hydrazone groups is 1. The maximum atomic E-state index is 13.4. The number of rotatable bonds is 3. The number of hydrogen-bond acceptors (Lipinski definition) is 6. The maximum Gasteiger partial charge on any atom is 0.355 e. The van der Waals surface area contributed by atoms with E-state index in [0.29, 0.717) is 27.0 Å². The highest BCUT2D eigenvalue weighted by atomic mass is 35.5. The first-order valence-electron chi connectivity index (χ1n) is 8.70. The van der Waals surface area contributed by atoms with Gasteiger partial charge in [-0.15, -0.1) is 0 Å². The average Bonchev–Trinajstić information content (AvgIpc) is 3.21. The Hall–Kier alpha value is -2.90. The van der Waals surface area contributed by atoms with E-state index in [1.54, 1.807) is 49.4 Å². The molecule has 29 heavy (non-hydrogen) atoms. The third-order valence-electron chi connectivity index (χ3n) is 5.02. The lowest BCUT2D eigenvalue weighted by molar-refractivity contribution is -0.133. The van der Waals surface area contributed by atoms with Gasteiger partial charge in [0.05, 0.1) is 23.5 Å². The SMILES string of the molecule is COC(=O)C1=NN(c2ccccc2Cl)[C@@H]2C(=O)N(c3cccc(Cl)c3C)C(=O)[C@H]12. The van der Waals surface area contributed by atoms with Crippen molar-refractivity contribution in [3.63, 3.8) is 0 Å². The maximum absolute atomic E-state index is 13.4. The number of esters is 1. The Labute approximate surface area is 176 Å². The zero-order chi connectivity index (χ0) is 20.9. The number of halogens is 2. The van der Waals surface area contributed by atoms with Crippen LogP contribution in [0.3, 0.4) is 0 Å². The van der Waals surface area contributed by atoms with Gasteiger partial charge in [-0.1, -0.05) is 41.4 Å². The third kappa shape index (κ3) is 2.89. The number of nitrogens with zero attached hydrogens (tertiary/aromatic N) is 3. The molecule has 0 saturated carbocycles. The molecule has 2 aliphatic rings. The van der Waals surface area contributed by atoms with Crippen LogP contribution in [-0.4, -0.2) is 36.6 Å². The van der Waals surface area contributed by atoms with Crippen molar-refractivity contribution in [1.29, 1.82) is 0 Å². The number of para-hydroxylation sites is 1. The number of anilines is 2. The summed E-state index contributed by atoms with van der Waals surface area (Å²) in [5, 5.41) is 6.31. The van der Waals surface area contributed by atoms with Gasteiger partial charge in [-0.05, 0) is 36.8 Å². The number of hydrogen-bond donors (Lipinski definition) is 0. The molecule has 0 unspecified atom stereocenters. The van der Waals surface area contributed by atoms with Crippen molar-refractivity contribution in [2.24, 2.45) is 11.0 Å². The van der Waals surface area contributed by atoms with Crippen molar-refractivity contribution in [2.75, 3.05) is 17.0 Å². The first kappa shape index (κ1) is 19.4. The van der Waals surface area contributed by atoms with E-state index in [2.05, 4.69) is 5.10 Å². The highest BCUT2D eigenvalue weighted by molar-refractivity contribution is 6.47. The van der Waals surface area contributed by atoms with Crippen LogP contribution in [0.5, 0.6) is 0 Å². The molecule has 1 fully saturated rings. The Morgan fingerprint density at radius 2 is 1.66 bits per heavy atom. The summed E-state index contributed by atoms with van der Waals surface area (Å²) >= 11 is 12.5. The van der Waals surface area contributed by atoms with Crippen LogP contribution in [0.2, 0.25) is 10.0 Å². The summed E-state index contributed by atoms with van der Waals surface area (Å²) < 4.78 is 4.79. The van der Waals surface area contributed by atoms with Gasteiger partial charge in [-0.3, -0.25) is 9.59 Å². The van der Waals surface area contributed by atoms with E-state index in [0.717, 1.165) is 4.90 Å². The first-order valence-corrected chi connectivity index (χ1v) is 9.46. The largest absolute Gasteiger partial charge is 0.464 e. The van der Waals surface area contributed by atoms with E-state index in [-0.39, 0.29) is 5.71 Å². The molecular weight excluding hydrogens is 417 g/mol.